The van der Waals surface area contributed by atoms with Crippen molar-refractivity contribution in [3.8, 4) is 5.69 Å². The number of rotatable bonds is 4. The summed E-state index contributed by atoms with van der Waals surface area (Å²) in [5.41, 5.74) is 2.07. The van der Waals surface area contributed by atoms with Crippen LogP contribution in [0.4, 0.5) is 0 Å². The van der Waals surface area contributed by atoms with Crippen LogP contribution in [0.1, 0.15) is 30.7 Å². The molecule has 1 aromatic heterocycles. The smallest absolute Gasteiger partial charge is 0.307 e. The number of aliphatic carboxylic acids is 1. The van der Waals surface area contributed by atoms with Crippen molar-refractivity contribution in [3.05, 3.63) is 35.7 Å². The first-order valence-electron chi connectivity index (χ1n) is 6.31. The zero-order valence-corrected chi connectivity index (χ0v) is 10.5. The van der Waals surface area contributed by atoms with Crippen molar-refractivity contribution in [1.29, 1.82) is 0 Å². The zero-order valence-electron chi connectivity index (χ0n) is 10.5. The molecule has 1 aromatic carbocycles. The van der Waals surface area contributed by atoms with E-state index in [-0.39, 0.29) is 11.8 Å². The van der Waals surface area contributed by atoms with Gasteiger partial charge < -0.3 is 5.11 Å². The minimum atomic E-state index is -0.775. The van der Waals surface area contributed by atoms with E-state index in [4.69, 9.17) is 5.11 Å². The van der Waals surface area contributed by atoms with Gasteiger partial charge in [-0.15, -0.1) is 5.10 Å². The molecule has 2 aromatic rings. The highest BCUT2D eigenvalue weighted by Crippen LogP contribution is 2.46. The summed E-state index contributed by atoms with van der Waals surface area (Å²) in [4.78, 5) is 11.0. The second-order valence-corrected chi connectivity index (χ2v) is 4.72. The number of hydrogen-bond acceptors (Lipinski definition) is 4. The Labute approximate surface area is 110 Å². The fourth-order valence-electron chi connectivity index (χ4n) is 2.37. The van der Waals surface area contributed by atoms with Crippen molar-refractivity contribution in [2.24, 2.45) is 5.92 Å². The Morgan fingerprint density at radius 2 is 2.26 bits per heavy atom. The predicted molar refractivity (Wildman–Crippen MR) is 67.0 cm³/mol. The van der Waals surface area contributed by atoms with Gasteiger partial charge in [0.2, 0.25) is 0 Å². The number of para-hydroxylation sites is 1. The van der Waals surface area contributed by atoms with Gasteiger partial charge >= 0.3 is 5.97 Å². The summed E-state index contributed by atoms with van der Waals surface area (Å²) in [6.07, 6.45) is 1.49. The maximum Gasteiger partial charge on any atom is 0.307 e. The lowest BCUT2D eigenvalue weighted by Gasteiger charge is -2.08. The molecule has 0 bridgehead atoms. The minimum Gasteiger partial charge on any atom is -0.481 e. The maximum absolute atomic E-state index is 11.0. The van der Waals surface area contributed by atoms with Crippen LogP contribution in [0.15, 0.2) is 24.3 Å². The number of benzene rings is 1. The quantitative estimate of drug-likeness (QED) is 0.896. The molecule has 1 aliphatic carbocycles. The third-order valence-corrected chi connectivity index (χ3v) is 3.53. The first-order valence-corrected chi connectivity index (χ1v) is 6.31. The van der Waals surface area contributed by atoms with E-state index in [9.17, 15) is 4.79 Å². The fourth-order valence-corrected chi connectivity index (χ4v) is 2.37. The Hall–Kier alpha value is -2.24. The molecule has 2 unspecified atom stereocenters. The average molecular weight is 258 g/mol. The molecule has 6 heteroatoms. The zero-order chi connectivity index (χ0) is 13.4. The molecule has 19 heavy (non-hydrogen) atoms. The van der Waals surface area contributed by atoms with Crippen LogP contribution in [-0.4, -0.2) is 31.3 Å². The van der Waals surface area contributed by atoms with Crippen LogP contribution in [0, 0.1) is 5.92 Å². The van der Waals surface area contributed by atoms with Crippen molar-refractivity contribution in [2.45, 2.75) is 25.7 Å². The van der Waals surface area contributed by atoms with Crippen LogP contribution in [0.3, 0.4) is 0 Å². The Balaban J connectivity index is 1.99. The summed E-state index contributed by atoms with van der Waals surface area (Å²) in [5.74, 6) is -0.549. The van der Waals surface area contributed by atoms with Crippen molar-refractivity contribution in [3.63, 3.8) is 0 Å². The summed E-state index contributed by atoms with van der Waals surface area (Å²) in [5, 5.41) is 20.7. The van der Waals surface area contributed by atoms with E-state index >= 15 is 0 Å². The third-order valence-electron chi connectivity index (χ3n) is 3.53. The molecule has 1 fully saturated rings. The van der Waals surface area contributed by atoms with E-state index in [0.717, 1.165) is 17.7 Å². The Morgan fingerprint density at radius 1 is 1.47 bits per heavy atom. The molecule has 0 radical (unpaired) electrons. The molecule has 0 spiro atoms. The van der Waals surface area contributed by atoms with Crippen LogP contribution in [0.2, 0.25) is 0 Å². The van der Waals surface area contributed by atoms with Crippen molar-refractivity contribution >= 4 is 5.97 Å². The van der Waals surface area contributed by atoms with Crippen molar-refractivity contribution in [2.75, 3.05) is 0 Å². The summed E-state index contributed by atoms with van der Waals surface area (Å²) >= 11 is 0. The number of aromatic nitrogens is 4. The van der Waals surface area contributed by atoms with E-state index in [2.05, 4.69) is 22.4 Å². The summed E-state index contributed by atoms with van der Waals surface area (Å²) in [6, 6.07) is 7.89. The third kappa shape index (κ3) is 1.99. The van der Waals surface area contributed by atoms with Gasteiger partial charge in [0.15, 0.2) is 5.82 Å². The normalized spacial score (nSPS) is 21.3. The second-order valence-electron chi connectivity index (χ2n) is 4.72. The highest BCUT2D eigenvalue weighted by Gasteiger charge is 2.47. The lowest BCUT2D eigenvalue weighted by atomic mass is 10.1. The Kier molecular flexibility index (Phi) is 2.77. The highest BCUT2D eigenvalue weighted by molar-refractivity contribution is 5.74. The average Bonchev–Trinajstić information content (AvgIpc) is 3.09. The minimum absolute atomic E-state index is 0.0718. The molecule has 1 saturated carbocycles. The lowest BCUT2D eigenvalue weighted by molar-refractivity contribution is -0.138. The van der Waals surface area contributed by atoms with E-state index in [1.807, 2.05) is 24.3 Å². The number of nitrogens with zero attached hydrogens (tertiary/aromatic N) is 4. The second kappa shape index (κ2) is 4.46. The van der Waals surface area contributed by atoms with E-state index in [1.54, 1.807) is 4.68 Å². The number of carboxylic acids is 1. The molecule has 0 amide bonds. The van der Waals surface area contributed by atoms with Crippen LogP contribution >= 0.6 is 0 Å². The summed E-state index contributed by atoms with van der Waals surface area (Å²) in [7, 11) is 0. The maximum atomic E-state index is 11.0. The lowest BCUT2D eigenvalue weighted by Crippen LogP contribution is -2.07. The molecule has 1 heterocycles. The molecule has 0 saturated heterocycles. The highest BCUT2D eigenvalue weighted by atomic mass is 16.4. The summed E-state index contributed by atoms with van der Waals surface area (Å²) in [6.45, 7) is 2.07. The van der Waals surface area contributed by atoms with Gasteiger partial charge in [0, 0.05) is 5.92 Å². The largest absolute Gasteiger partial charge is 0.481 e. The first kappa shape index (κ1) is 11.8. The number of carboxylic acid groups (broad SMARTS) is 1. The summed E-state index contributed by atoms with van der Waals surface area (Å²) < 4.78 is 1.67. The van der Waals surface area contributed by atoms with Crippen LogP contribution < -0.4 is 0 Å². The monoisotopic (exact) mass is 258 g/mol. The molecule has 3 rings (SSSR count). The molecular weight excluding hydrogens is 244 g/mol. The molecule has 98 valence electrons. The van der Waals surface area contributed by atoms with Gasteiger partial charge in [0.1, 0.15) is 0 Å². The van der Waals surface area contributed by atoms with Gasteiger partial charge in [-0.1, -0.05) is 25.1 Å². The first-order chi connectivity index (χ1) is 9.22. The van der Waals surface area contributed by atoms with Gasteiger partial charge in [-0.3, -0.25) is 4.79 Å². The van der Waals surface area contributed by atoms with Gasteiger partial charge in [0.05, 0.1) is 11.6 Å². The van der Waals surface area contributed by atoms with Crippen molar-refractivity contribution < 1.29 is 9.90 Å². The molecule has 6 nitrogen and oxygen atoms in total. The van der Waals surface area contributed by atoms with Gasteiger partial charge in [-0.25, -0.2) is 0 Å². The van der Waals surface area contributed by atoms with Gasteiger partial charge in [-0.2, -0.15) is 4.68 Å². The molecule has 1 N–H and O–H groups in total. The predicted octanol–water partition coefficient (Wildman–Crippen LogP) is 1.41. The Bertz CT molecular complexity index is 623. The SMILES string of the molecule is CCc1ccccc1-n1nnnc1C1CC1C(=O)O. The number of carbonyl (C=O) groups is 1. The van der Waals surface area contributed by atoms with Crippen LogP contribution in [-0.2, 0) is 11.2 Å². The van der Waals surface area contributed by atoms with E-state index in [1.165, 1.54) is 0 Å². The van der Waals surface area contributed by atoms with Crippen LogP contribution in [0.5, 0.6) is 0 Å². The fraction of sp³-hybridized carbons (Fsp3) is 0.385. The van der Waals surface area contributed by atoms with E-state index in [0.29, 0.717) is 12.2 Å². The van der Waals surface area contributed by atoms with E-state index < -0.39 is 5.97 Å². The number of hydrogen-bond donors (Lipinski definition) is 1. The van der Waals surface area contributed by atoms with Gasteiger partial charge in [-0.05, 0) is 34.9 Å². The number of tetrazole rings is 1. The molecular formula is C13H14N4O2. The topological polar surface area (TPSA) is 80.9 Å². The van der Waals surface area contributed by atoms with Gasteiger partial charge in [0.25, 0.3) is 0 Å². The Morgan fingerprint density at radius 3 is 2.95 bits per heavy atom. The van der Waals surface area contributed by atoms with Crippen molar-refractivity contribution in [1.82, 2.24) is 20.2 Å². The standard InChI is InChI=1S/C13H14N4O2/c1-2-8-5-3-4-6-11(8)17-12(14-15-16-17)9-7-10(9)13(18)19/h3-6,9-10H,2,7H2,1H3,(H,18,19). The number of aryl methyl sites for hydroxylation is 1. The molecule has 0 aliphatic heterocycles. The molecule has 2 atom stereocenters. The van der Waals surface area contributed by atoms with Crippen LogP contribution in [0.25, 0.3) is 5.69 Å². The molecule has 1 aliphatic rings.